The Morgan fingerprint density at radius 3 is 2.75 bits per heavy atom. The molecule has 0 aliphatic heterocycles. The number of aryl methyl sites for hydroxylation is 2. The largest absolute Gasteiger partial charge is 0.361 e. The Bertz CT molecular complexity index is 257. The number of aromatic nitrogens is 1. The molecule has 1 saturated carbocycles. The van der Waals surface area contributed by atoms with Crippen molar-refractivity contribution in [3.8, 4) is 0 Å². The van der Waals surface area contributed by atoms with Crippen LogP contribution in [0, 0.1) is 19.8 Å². The lowest BCUT2D eigenvalue weighted by Gasteiger charge is -1.97. The van der Waals surface area contributed by atoms with E-state index in [0.29, 0.717) is 0 Å². The molecule has 1 aliphatic carbocycles. The molecule has 1 aromatic heterocycles. The van der Waals surface area contributed by atoms with Gasteiger partial charge in [0.25, 0.3) is 0 Å². The van der Waals surface area contributed by atoms with Crippen molar-refractivity contribution >= 4 is 16.5 Å². The minimum absolute atomic E-state index is 0.925. The van der Waals surface area contributed by atoms with E-state index in [0.717, 1.165) is 17.6 Å². The summed E-state index contributed by atoms with van der Waals surface area (Å²) in [6.07, 6.45) is 2.80. The Balaban J connectivity index is 1.93. The van der Waals surface area contributed by atoms with Crippen LogP contribution in [0.25, 0.3) is 0 Å². The second-order valence-electron chi connectivity index (χ2n) is 3.48. The summed E-state index contributed by atoms with van der Waals surface area (Å²) in [5.41, 5.74) is 1.17. The zero-order valence-electron chi connectivity index (χ0n) is 7.55. The van der Waals surface area contributed by atoms with E-state index >= 15 is 0 Å². The van der Waals surface area contributed by atoms with E-state index in [1.165, 1.54) is 23.4 Å². The summed E-state index contributed by atoms with van der Waals surface area (Å²) >= 11 is 1.76. The number of hydrogen-bond acceptors (Lipinski definition) is 3. The molecule has 1 fully saturated rings. The van der Waals surface area contributed by atoms with Crippen LogP contribution >= 0.6 is 11.3 Å². The summed E-state index contributed by atoms with van der Waals surface area (Å²) in [6, 6.07) is 0. The smallest absolute Gasteiger partial charge is 0.183 e. The van der Waals surface area contributed by atoms with Gasteiger partial charge >= 0.3 is 0 Å². The summed E-state index contributed by atoms with van der Waals surface area (Å²) in [5, 5.41) is 4.47. The minimum atomic E-state index is 0.925. The number of nitrogens with one attached hydrogen (secondary N) is 1. The van der Waals surface area contributed by atoms with E-state index in [4.69, 9.17) is 0 Å². The molecule has 2 rings (SSSR count). The van der Waals surface area contributed by atoms with Gasteiger partial charge in [-0.3, -0.25) is 0 Å². The highest BCUT2D eigenvalue weighted by Gasteiger charge is 2.21. The molecule has 0 bridgehead atoms. The molecule has 0 atom stereocenters. The van der Waals surface area contributed by atoms with Crippen molar-refractivity contribution < 1.29 is 0 Å². The van der Waals surface area contributed by atoms with Gasteiger partial charge in [-0.05, 0) is 32.6 Å². The average Bonchev–Trinajstić information content (AvgIpc) is 2.78. The van der Waals surface area contributed by atoms with Crippen LogP contribution in [0.1, 0.15) is 23.4 Å². The third-order valence-electron chi connectivity index (χ3n) is 2.27. The molecule has 0 aromatic carbocycles. The number of nitrogens with zero attached hydrogens (tertiary/aromatic N) is 1. The average molecular weight is 182 g/mol. The summed E-state index contributed by atoms with van der Waals surface area (Å²) in [5.74, 6) is 0.925. The second kappa shape index (κ2) is 3.05. The van der Waals surface area contributed by atoms with Crippen molar-refractivity contribution in [1.82, 2.24) is 4.98 Å². The first-order chi connectivity index (χ1) is 5.75. The predicted octanol–water partition coefficient (Wildman–Crippen LogP) is 2.58. The molecule has 1 aromatic rings. The molecule has 0 unspecified atom stereocenters. The molecule has 0 radical (unpaired) electrons. The molecule has 0 saturated heterocycles. The lowest BCUT2D eigenvalue weighted by atomic mass is 10.4. The third kappa shape index (κ3) is 1.78. The van der Waals surface area contributed by atoms with Crippen LogP contribution in [0.4, 0.5) is 5.13 Å². The molecule has 0 spiro atoms. The highest BCUT2D eigenvalue weighted by Crippen LogP contribution is 2.30. The summed E-state index contributed by atoms with van der Waals surface area (Å²) < 4.78 is 0. The molecule has 1 N–H and O–H groups in total. The predicted molar refractivity (Wildman–Crippen MR) is 52.8 cm³/mol. The van der Waals surface area contributed by atoms with Gasteiger partial charge in [0.1, 0.15) is 0 Å². The third-order valence-corrected chi connectivity index (χ3v) is 3.30. The van der Waals surface area contributed by atoms with Gasteiger partial charge in [0.15, 0.2) is 5.13 Å². The van der Waals surface area contributed by atoms with Crippen LogP contribution in [-0.2, 0) is 0 Å². The highest BCUT2D eigenvalue weighted by atomic mass is 32.1. The fourth-order valence-electron chi connectivity index (χ4n) is 1.10. The topological polar surface area (TPSA) is 24.9 Å². The Morgan fingerprint density at radius 2 is 2.25 bits per heavy atom. The SMILES string of the molecule is Cc1nc(NCC2CC2)sc1C. The van der Waals surface area contributed by atoms with Gasteiger partial charge in [-0.25, -0.2) is 4.98 Å². The highest BCUT2D eigenvalue weighted by molar-refractivity contribution is 7.15. The van der Waals surface area contributed by atoms with Crippen LogP contribution in [0.15, 0.2) is 0 Å². The van der Waals surface area contributed by atoms with Crippen molar-refractivity contribution in [3.05, 3.63) is 10.6 Å². The second-order valence-corrected chi connectivity index (χ2v) is 4.69. The fraction of sp³-hybridized carbons (Fsp3) is 0.667. The molecule has 66 valence electrons. The van der Waals surface area contributed by atoms with Gasteiger partial charge in [0.2, 0.25) is 0 Å². The van der Waals surface area contributed by atoms with Crippen LogP contribution in [0.5, 0.6) is 0 Å². The lowest BCUT2D eigenvalue weighted by molar-refractivity contribution is 0.886. The number of thiazole rings is 1. The first kappa shape index (κ1) is 8.05. The Hall–Kier alpha value is -0.570. The van der Waals surface area contributed by atoms with Crippen LogP contribution in [-0.4, -0.2) is 11.5 Å². The Kier molecular flexibility index (Phi) is 2.05. The van der Waals surface area contributed by atoms with Gasteiger partial charge in [-0.1, -0.05) is 0 Å². The van der Waals surface area contributed by atoms with Crippen LogP contribution < -0.4 is 5.32 Å². The maximum atomic E-state index is 4.42. The van der Waals surface area contributed by atoms with Crippen molar-refractivity contribution in [1.29, 1.82) is 0 Å². The number of anilines is 1. The van der Waals surface area contributed by atoms with Gasteiger partial charge in [-0.2, -0.15) is 0 Å². The summed E-state index contributed by atoms with van der Waals surface area (Å²) in [7, 11) is 0. The van der Waals surface area contributed by atoms with Crippen molar-refractivity contribution in [2.75, 3.05) is 11.9 Å². The zero-order chi connectivity index (χ0) is 8.55. The number of rotatable bonds is 3. The first-order valence-electron chi connectivity index (χ1n) is 4.43. The van der Waals surface area contributed by atoms with Crippen molar-refractivity contribution in [2.45, 2.75) is 26.7 Å². The van der Waals surface area contributed by atoms with E-state index in [2.05, 4.69) is 24.1 Å². The van der Waals surface area contributed by atoms with E-state index in [1.807, 2.05) is 0 Å². The van der Waals surface area contributed by atoms with Crippen LogP contribution in [0.2, 0.25) is 0 Å². The van der Waals surface area contributed by atoms with Crippen molar-refractivity contribution in [2.24, 2.45) is 5.92 Å². The van der Waals surface area contributed by atoms with E-state index in [9.17, 15) is 0 Å². The maximum absolute atomic E-state index is 4.42. The Morgan fingerprint density at radius 1 is 1.50 bits per heavy atom. The molecule has 1 aliphatic rings. The molecule has 0 amide bonds. The van der Waals surface area contributed by atoms with Gasteiger partial charge in [0.05, 0.1) is 5.69 Å². The lowest BCUT2D eigenvalue weighted by Crippen LogP contribution is -2.02. The fourth-order valence-corrected chi connectivity index (χ4v) is 1.92. The van der Waals surface area contributed by atoms with Gasteiger partial charge in [-0.15, -0.1) is 11.3 Å². The monoisotopic (exact) mass is 182 g/mol. The summed E-state index contributed by atoms with van der Waals surface area (Å²) in [4.78, 5) is 5.74. The zero-order valence-corrected chi connectivity index (χ0v) is 8.37. The molecule has 3 heteroatoms. The standard InChI is InChI=1S/C9H14N2S/c1-6-7(2)12-9(11-6)10-5-8-3-4-8/h8H,3-5H2,1-2H3,(H,10,11). The molecular formula is C9H14N2S. The van der Waals surface area contributed by atoms with Gasteiger partial charge in [0, 0.05) is 11.4 Å². The number of hydrogen-bond donors (Lipinski definition) is 1. The van der Waals surface area contributed by atoms with Crippen molar-refractivity contribution in [3.63, 3.8) is 0 Å². The molecule has 2 nitrogen and oxygen atoms in total. The van der Waals surface area contributed by atoms with E-state index in [-0.39, 0.29) is 0 Å². The van der Waals surface area contributed by atoms with E-state index in [1.54, 1.807) is 11.3 Å². The van der Waals surface area contributed by atoms with Crippen LogP contribution in [0.3, 0.4) is 0 Å². The molecular weight excluding hydrogens is 168 g/mol. The van der Waals surface area contributed by atoms with Gasteiger partial charge < -0.3 is 5.32 Å². The first-order valence-corrected chi connectivity index (χ1v) is 5.25. The molecule has 12 heavy (non-hydrogen) atoms. The maximum Gasteiger partial charge on any atom is 0.183 e. The normalized spacial score (nSPS) is 16.5. The Labute approximate surface area is 77.0 Å². The summed E-state index contributed by atoms with van der Waals surface area (Å²) in [6.45, 7) is 5.30. The quantitative estimate of drug-likeness (QED) is 0.777. The molecule has 1 heterocycles. The van der Waals surface area contributed by atoms with E-state index < -0.39 is 0 Å². The minimum Gasteiger partial charge on any atom is -0.361 e.